The molecule has 3 nitrogen and oxygen atoms in total. The minimum Gasteiger partial charge on any atom is -0.334 e. The molecule has 2 unspecified atom stereocenters. The van der Waals surface area contributed by atoms with E-state index in [4.69, 9.17) is 0 Å². The predicted molar refractivity (Wildman–Crippen MR) is 296 cm³/mol. The van der Waals surface area contributed by atoms with Gasteiger partial charge in [0.15, 0.2) is 0 Å². The summed E-state index contributed by atoms with van der Waals surface area (Å²) in [5.74, 6) is 0. The Morgan fingerprint density at radius 1 is 0.391 bits per heavy atom. The lowest BCUT2D eigenvalue weighted by Crippen LogP contribution is -2.79. The number of rotatable bonds is 6. The van der Waals surface area contributed by atoms with E-state index in [-0.39, 0.29) is 17.7 Å². The van der Waals surface area contributed by atoms with E-state index < -0.39 is 8.07 Å². The standard InChI is InChI=1S/C64H54BN3Si/c1-63-38-14-15-39-64(63,2)68(53-37-32-48(40-52(53)63)45-22-12-7-13-23-45)51-41-56-60-57(42-51)67(50-35-30-47(31-36-50)44-20-10-6-11-21-44)55-25-17-27-59-62(55)65(60)61-54(24-16-26-58(61)69(59,3)4)66(56)49-33-28-46(29-34-49)43-18-8-5-9-19-43/h5-13,16-37,40-42H,14-15,38-39H2,1-4H3. The third-order valence-electron chi connectivity index (χ3n) is 17.4. The van der Waals surface area contributed by atoms with Crippen molar-refractivity contribution in [3.63, 3.8) is 0 Å². The molecule has 5 aliphatic rings. The number of hydrogen-bond acceptors (Lipinski definition) is 3. The van der Waals surface area contributed by atoms with Crippen molar-refractivity contribution in [1.29, 1.82) is 0 Å². The minimum absolute atomic E-state index is 0.0407. The van der Waals surface area contributed by atoms with E-state index in [1.807, 2.05) is 0 Å². The fraction of sp³-hybridized carbons (Fsp3) is 0.156. The monoisotopic (exact) mass is 903 g/mol. The van der Waals surface area contributed by atoms with Gasteiger partial charge in [-0.15, -0.1) is 0 Å². The predicted octanol–water partition coefficient (Wildman–Crippen LogP) is 13.6. The quantitative estimate of drug-likeness (QED) is 0.154. The SMILES string of the molecule is CC12CCCCC1(C)N(c1cc3c4c(c1)N(c1ccc(-c5ccccc5)cc1)c1cccc5c1B4c1c(cccc1[Si]5(C)C)N3c1ccc(-c3ccccc3)cc1)c1ccc(-c3ccccc3)cc12. The van der Waals surface area contributed by atoms with E-state index in [1.54, 1.807) is 10.4 Å². The molecule has 69 heavy (non-hydrogen) atoms. The Morgan fingerprint density at radius 2 is 0.841 bits per heavy atom. The fourth-order valence-electron chi connectivity index (χ4n) is 13.8. The van der Waals surface area contributed by atoms with Crippen molar-refractivity contribution in [3.8, 4) is 33.4 Å². The Kier molecular flexibility index (Phi) is 8.75. The first-order valence-electron chi connectivity index (χ1n) is 25.1. The van der Waals surface area contributed by atoms with Crippen LogP contribution >= 0.6 is 0 Å². The van der Waals surface area contributed by atoms with E-state index in [1.165, 1.54) is 114 Å². The molecule has 2 atom stereocenters. The molecule has 1 saturated carbocycles. The average Bonchev–Trinajstić information content (AvgIpc) is 3.61. The Balaban J connectivity index is 1.06. The first kappa shape index (κ1) is 40.7. The zero-order valence-corrected chi connectivity index (χ0v) is 40.9. The van der Waals surface area contributed by atoms with Gasteiger partial charge in [-0.3, -0.25) is 0 Å². The summed E-state index contributed by atoms with van der Waals surface area (Å²) in [6.45, 7) is 10.4. The second kappa shape index (κ2) is 14.8. The van der Waals surface area contributed by atoms with Crippen molar-refractivity contribution < 1.29 is 0 Å². The molecule has 0 spiro atoms. The minimum atomic E-state index is -2.18. The number of anilines is 8. The third kappa shape index (κ3) is 5.68. The second-order valence-electron chi connectivity index (χ2n) is 21.2. The van der Waals surface area contributed by atoms with E-state index in [9.17, 15) is 0 Å². The van der Waals surface area contributed by atoms with Gasteiger partial charge in [-0.2, -0.15) is 0 Å². The van der Waals surface area contributed by atoms with Crippen LogP contribution in [0.15, 0.2) is 206 Å². The summed E-state index contributed by atoms with van der Waals surface area (Å²) in [5, 5.41) is 3.10. The highest BCUT2D eigenvalue weighted by Gasteiger charge is 2.59. The molecule has 5 heteroatoms. The molecule has 0 N–H and O–H groups in total. The van der Waals surface area contributed by atoms with Crippen molar-refractivity contribution in [2.45, 2.75) is 63.6 Å². The molecular weight excluding hydrogens is 850 g/mol. The molecule has 0 radical (unpaired) electrons. The van der Waals surface area contributed by atoms with Crippen LogP contribution < -0.4 is 41.5 Å². The van der Waals surface area contributed by atoms with E-state index >= 15 is 0 Å². The van der Waals surface area contributed by atoms with Crippen LogP contribution in [0.5, 0.6) is 0 Å². The molecule has 1 fully saturated rings. The normalized spacial score (nSPS) is 19.8. The van der Waals surface area contributed by atoms with Crippen LogP contribution in [0, 0.1) is 0 Å². The maximum absolute atomic E-state index is 2.80. The summed E-state index contributed by atoms with van der Waals surface area (Å²) in [5.41, 5.74) is 23.3. The number of benzene rings is 9. The maximum atomic E-state index is 2.80. The molecular formula is C64H54BN3Si. The number of nitrogens with zero attached hydrogens (tertiary/aromatic N) is 3. The first-order valence-corrected chi connectivity index (χ1v) is 28.1. The fourth-order valence-corrected chi connectivity index (χ4v) is 17.0. The van der Waals surface area contributed by atoms with Crippen molar-refractivity contribution in [3.05, 3.63) is 212 Å². The van der Waals surface area contributed by atoms with Gasteiger partial charge in [0.25, 0.3) is 6.71 Å². The molecule has 4 aliphatic heterocycles. The molecule has 9 aromatic rings. The molecule has 1 aliphatic carbocycles. The van der Waals surface area contributed by atoms with Crippen molar-refractivity contribution in [1.82, 2.24) is 0 Å². The Hall–Kier alpha value is -7.34. The second-order valence-corrected chi connectivity index (χ2v) is 25.5. The number of hydrogen-bond donors (Lipinski definition) is 0. The summed E-state index contributed by atoms with van der Waals surface area (Å²) in [6.07, 6.45) is 4.75. The molecule has 0 saturated heterocycles. The van der Waals surface area contributed by atoms with Crippen LogP contribution in [-0.2, 0) is 5.41 Å². The highest BCUT2D eigenvalue weighted by Crippen LogP contribution is 2.62. The van der Waals surface area contributed by atoms with Crippen LogP contribution in [0.4, 0.5) is 45.5 Å². The lowest BCUT2D eigenvalue weighted by molar-refractivity contribution is 0.195. The number of fused-ring (bicyclic) bond motifs is 3. The van der Waals surface area contributed by atoms with Crippen LogP contribution in [0.25, 0.3) is 33.4 Å². The molecule has 0 bridgehead atoms. The van der Waals surface area contributed by atoms with Crippen LogP contribution in [0.3, 0.4) is 0 Å². The lowest BCUT2D eigenvalue weighted by Gasteiger charge is -2.52. The van der Waals surface area contributed by atoms with Gasteiger partial charge in [0.05, 0.1) is 5.54 Å². The van der Waals surface area contributed by atoms with E-state index in [2.05, 4.69) is 248 Å². The van der Waals surface area contributed by atoms with Crippen LogP contribution in [-0.4, -0.2) is 20.3 Å². The smallest absolute Gasteiger partial charge is 0.251 e. The third-order valence-corrected chi connectivity index (χ3v) is 21.0. The van der Waals surface area contributed by atoms with Gasteiger partial charge in [-0.05, 0) is 136 Å². The van der Waals surface area contributed by atoms with Crippen LogP contribution in [0.2, 0.25) is 13.1 Å². The summed E-state index contributed by atoms with van der Waals surface area (Å²) < 4.78 is 0. The zero-order valence-electron chi connectivity index (χ0n) is 39.9. The molecule has 14 rings (SSSR count). The van der Waals surface area contributed by atoms with Gasteiger partial charge >= 0.3 is 0 Å². The van der Waals surface area contributed by atoms with E-state index in [0.717, 1.165) is 12.8 Å². The molecule has 0 aromatic heterocycles. The van der Waals surface area contributed by atoms with Gasteiger partial charge in [-0.25, -0.2) is 0 Å². The molecule has 4 heterocycles. The van der Waals surface area contributed by atoms with Crippen molar-refractivity contribution in [2.24, 2.45) is 0 Å². The van der Waals surface area contributed by atoms with Crippen molar-refractivity contribution in [2.75, 3.05) is 14.7 Å². The summed E-state index contributed by atoms with van der Waals surface area (Å²) in [4.78, 5) is 8.09. The van der Waals surface area contributed by atoms with E-state index in [0.29, 0.717) is 0 Å². The highest BCUT2D eigenvalue weighted by molar-refractivity contribution is 7.16. The van der Waals surface area contributed by atoms with Gasteiger partial charge in [-0.1, -0.05) is 189 Å². The highest BCUT2D eigenvalue weighted by atomic mass is 28.3. The maximum Gasteiger partial charge on any atom is 0.251 e. The lowest BCUT2D eigenvalue weighted by atomic mass is 9.33. The van der Waals surface area contributed by atoms with Crippen molar-refractivity contribution >= 4 is 87.0 Å². The summed E-state index contributed by atoms with van der Waals surface area (Å²) in [6, 6.07) is 78.4. The Bertz CT molecular complexity index is 3350. The largest absolute Gasteiger partial charge is 0.334 e. The van der Waals surface area contributed by atoms with Gasteiger partial charge in [0.1, 0.15) is 8.07 Å². The topological polar surface area (TPSA) is 9.72 Å². The molecule has 9 aromatic carbocycles. The Morgan fingerprint density at radius 3 is 1.35 bits per heavy atom. The summed E-state index contributed by atoms with van der Waals surface area (Å²) >= 11 is 0. The van der Waals surface area contributed by atoms with Crippen LogP contribution in [0.1, 0.15) is 45.1 Å². The Labute approximate surface area is 408 Å². The van der Waals surface area contributed by atoms with Gasteiger partial charge in [0, 0.05) is 50.9 Å². The van der Waals surface area contributed by atoms with Gasteiger partial charge in [0.2, 0.25) is 0 Å². The zero-order chi connectivity index (χ0) is 46.2. The molecule has 0 amide bonds. The average molecular weight is 904 g/mol. The first-order chi connectivity index (χ1) is 33.7. The van der Waals surface area contributed by atoms with Gasteiger partial charge < -0.3 is 14.7 Å². The summed E-state index contributed by atoms with van der Waals surface area (Å²) in [7, 11) is -2.18. The molecule has 332 valence electrons.